The Labute approximate surface area is 98.2 Å². The van der Waals surface area contributed by atoms with Gasteiger partial charge in [-0.3, -0.25) is 4.98 Å². The Morgan fingerprint density at radius 1 is 1.29 bits per heavy atom. The maximum Gasteiger partial charge on any atom is 0.339 e. The number of ether oxygens (including phenoxy) is 2. The Kier molecular flexibility index (Phi) is 2.82. The Hall–Kier alpha value is -2.30. The maximum atomic E-state index is 11.4. The molecule has 0 spiro atoms. The Balaban J connectivity index is 2.67. The molecule has 1 heterocycles. The van der Waals surface area contributed by atoms with Crippen LogP contribution >= 0.6 is 0 Å². The number of aromatic nitrogens is 1. The number of benzene rings is 1. The van der Waals surface area contributed by atoms with E-state index in [1.54, 1.807) is 25.3 Å². The average Bonchev–Trinajstić information content (AvgIpc) is 2.36. The van der Waals surface area contributed by atoms with E-state index >= 15 is 0 Å². The van der Waals surface area contributed by atoms with E-state index in [0.29, 0.717) is 22.5 Å². The van der Waals surface area contributed by atoms with Crippen LogP contribution in [-0.4, -0.2) is 25.2 Å². The standard InChI is InChI=1S/C12H12N2O3/c1-16-11-5-8(13)4-10-9(11)3-7(6-14-10)12(15)17-2/h3-6H,13H2,1-2H3. The second-order valence-corrected chi connectivity index (χ2v) is 3.51. The molecule has 88 valence electrons. The van der Waals surface area contributed by atoms with Crippen molar-refractivity contribution in [2.24, 2.45) is 0 Å². The molecule has 2 N–H and O–H groups in total. The van der Waals surface area contributed by atoms with Gasteiger partial charge in [0.1, 0.15) is 5.75 Å². The molecule has 1 aromatic carbocycles. The Bertz CT molecular complexity index is 581. The first-order valence-electron chi connectivity index (χ1n) is 4.97. The predicted molar refractivity (Wildman–Crippen MR) is 64.0 cm³/mol. The third-order valence-electron chi connectivity index (χ3n) is 2.43. The number of hydrogen-bond acceptors (Lipinski definition) is 5. The van der Waals surface area contributed by atoms with Crippen LogP contribution in [0.3, 0.4) is 0 Å². The van der Waals surface area contributed by atoms with Gasteiger partial charge in [0.25, 0.3) is 0 Å². The van der Waals surface area contributed by atoms with Gasteiger partial charge in [-0.1, -0.05) is 0 Å². The maximum absolute atomic E-state index is 11.4. The second-order valence-electron chi connectivity index (χ2n) is 3.51. The zero-order chi connectivity index (χ0) is 12.4. The summed E-state index contributed by atoms with van der Waals surface area (Å²) in [5.41, 5.74) is 7.33. The van der Waals surface area contributed by atoms with Gasteiger partial charge in [-0.25, -0.2) is 4.79 Å². The first-order valence-corrected chi connectivity index (χ1v) is 4.97. The molecule has 1 aromatic heterocycles. The zero-order valence-corrected chi connectivity index (χ0v) is 9.56. The summed E-state index contributed by atoms with van der Waals surface area (Å²) in [6, 6.07) is 5.08. The van der Waals surface area contributed by atoms with Crippen LogP contribution in [0.5, 0.6) is 5.75 Å². The molecule has 2 aromatic rings. The van der Waals surface area contributed by atoms with Crippen molar-refractivity contribution in [3.05, 3.63) is 30.0 Å². The van der Waals surface area contributed by atoms with E-state index in [1.807, 2.05) is 0 Å². The van der Waals surface area contributed by atoms with Crippen LogP contribution in [0.4, 0.5) is 5.69 Å². The number of carbonyl (C=O) groups excluding carboxylic acids is 1. The van der Waals surface area contributed by atoms with Gasteiger partial charge in [0.15, 0.2) is 0 Å². The molecule has 17 heavy (non-hydrogen) atoms. The molecule has 0 unspecified atom stereocenters. The van der Waals surface area contributed by atoms with Gasteiger partial charge in [0, 0.05) is 23.3 Å². The number of nitrogen functional groups attached to an aromatic ring is 1. The quantitative estimate of drug-likeness (QED) is 0.629. The van der Waals surface area contributed by atoms with Crippen LogP contribution in [0.25, 0.3) is 10.9 Å². The largest absolute Gasteiger partial charge is 0.496 e. The number of fused-ring (bicyclic) bond motifs is 1. The number of anilines is 1. The molecule has 0 atom stereocenters. The SMILES string of the molecule is COC(=O)c1cnc2cc(N)cc(OC)c2c1. The summed E-state index contributed by atoms with van der Waals surface area (Å²) in [6.07, 6.45) is 1.45. The normalized spacial score (nSPS) is 10.2. The van der Waals surface area contributed by atoms with E-state index in [0.717, 1.165) is 5.39 Å². The van der Waals surface area contributed by atoms with Crippen molar-refractivity contribution in [1.29, 1.82) is 0 Å². The summed E-state index contributed by atoms with van der Waals surface area (Å²) in [5, 5.41) is 0.726. The van der Waals surface area contributed by atoms with E-state index in [1.165, 1.54) is 13.3 Å². The highest BCUT2D eigenvalue weighted by Crippen LogP contribution is 2.28. The number of nitrogens with zero attached hydrogens (tertiary/aromatic N) is 1. The summed E-state index contributed by atoms with van der Waals surface area (Å²) in [5.74, 6) is 0.150. The van der Waals surface area contributed by atoms with Crippen LogP contribution in [0.1, 0.15) is 10.4 Å². The molecule has 5 heteroatoms. The molecule has 5 nitrogen and oxygen atoms in total. The third-order valence-corrected chi connectivity index (χ3v) is 2.43. The molecule has 0 fully saturated rings. The van der Waals surface area contributed by atoms with Gasteiger partial charge >= 0.3 is 5.97 Å². The van der Waals surface area contributed by atoms with Gasteiger partial charge in [0.05, 0.1) is 25.3 Å². The first kappa shape index (κ1) is 11.2. The molecular formula is C12H12N2O3. The summed E-state index contributed by atoms with van der Waals surface area (Å²) in [4.78, 5) is 15.6. The third kappa shape index (κ3) is 1.99. The Morgan fingerprint density at radius 3 is 2.71 bits per heavy atom. The number of methoxy groups -OCH3 is 2. The molecule has 2 rings (SSSR count). The van der Waals surface area contributed by atoms with E-state index in [2.05, 4.69) is 9.72 Å². The van der Waals surface area contributed by atoms with Crippen molar-refractivity contribution in [3.63, 3.8) is 0 Å². The minimum Gasteiger partial charge on any atom is -0.496 e. The number of carbonyl (C=O) groups is 1. The lowest BCUT2D eigenvalue weighted by molar-refractivity contribution is 0.0600. The summed E-state index contributed by atoms with van der Waals surface area (Å²) < 4.78 is 9.84. The number of pyridine rings is 1. The van der Waals surface area contributed by atoms with Crippen molar-refractivity contribution in [2.75, 3.05) is 20.0 Å². The number of esters is 1. The van der Waals surface area contributed by atoms with E-state index in [9.17, 15) is 4.79 Å². The Morgan fingerprint density at radius 2 is 2.06 bits per heavy atom. The minimum absolute atomic E-state index is 0.378. The van der Waals surface area contributed by atoms with Crippen LogP contribution in [-0.2, 0) is 4.74 Å². The van der Waals surface area contributed by atoms with Crippen LogP contribution in [0.2, 0.25) is 0 Å². The summed E-state index contributed by atoms with van der Waals surface area (Å²) in [6.45, 7) is 0. The van der Waals surface area contributed by atoms with Gasteiger partial charge in [-0.05, 0) is 12.1 Å². The average molecular weight is 232 g/mol. The minimum atomic E-state index is -0.432. The van der Waals surface area contributed by atoms with Crippen LogP contribution < -0.4 is 10.5 Å². The first-order chi connectivity index (χ1) is 8.15. The van der Waals surface area contributed by atoms with Crippen molar-refractivity contribution in [3.8, 4) is 5.75 Å². The highest BCUT2D eigenvalue weighted by atomic mass is 16.5. The van der Waals surface area contributed by atoms with E-state index in [-0.39, 0.29) is 0 Å². The van der Waals surface area contributed by atoms with Crippen molar-refractivity contribution >= 4 is 22.6 Å². The molecule has 0 aliphatic carbocycles. The summed E-state index contributed by atoms with van der Waals surface area (Å²) in [7, 11) is 2.87. The van der Waals surface area contributed by atoms with E-state index < -0.39 is 5.97 Å². The monoisotopic (exact) mass is 232 g/mol. The highest BCUT2D eigenvalue weighted by molar-refractivity contribution is 5.96. The van der Waals surface area contributed by atoms with Gasteiger partial charge in [-0.15, -0.1) is 0 Å². The van der Waals surface area contributed by atoms with Gasteiger partial charge < -0.3 is 15.2 Å². The number of rotatable bonds is 2. The topological polar surface area (TPSA) is 74.4 Å². The fourth-order valence-corrected chi connectivity index (χ4v) is 1.61. The predicted octanol–water partition coefficient (Wildman–Crippen LogP) is 1.61. The second kappa shape index (κ2) is 4.29. The molecule has 0 amide bonds. The molecule has 0 aliphatic heterocycles. The molecule has 0 aliphatic rings. The highest BCUT2D eigenvalue weighted by Gasteiger charge is 2.10. The lowest BCUT2D eigenvalue weighted by Crippen LogP contribution is -2.02. The van der Waals surface area contributed by atoms with Crippen molar-refractivity contribution in [1.82, 2.24) is 4.98 Å². The van der Waals surface area contributed by atoms with Crippen molar-refractivity contribution in [2.45, 2.75) is 0 Å². The summed E-state index contributed by atoms with van der Waals surface area (Å²) >= 11 is 0. The zero-order valence-electron chi connectivity index (χ0n) is 9.56. The lowest BCUT2D eigenvalue weighted by Gasteiger charge is -2.07. The molecular weight excluding hydrogens is 220 g/mol. The van der Waals surface area contributed by atoms with Crippen LogP contribution in [0, 0.1) is 0 Å². The fourth-order valence-electron chi connectivity index (χ4n) is 1.61. The molecule has 0 radical (unpaired) electrons. The molecule has 0 bridgehead atoms. The van der Waals surface area contributed by atoms with E-state index in [4.69, 9.17) is 10.5 Å². The number of hydrogen-bond donors (Lipinski definition) is 1. The fraction of sp³-hybridized carbons (Fsp3) is 0.167. The van der Waals surface area contributed by atoms with Gasteiger partial charge in [0.2, 0.25) is 0 Å². The van der Waals surface area contributed by atoms with Crippen molar-refractivity contribution < 1.29 is 14.3 Å². The molecule has 0 saturated carbocycles. The molecule has 0 saturated heterocycles. The van der Waals surface area contributed by atoms with Gasteiger partial charge in [-0.2, -0.15) is 0 Å². The smallest absolute Gasteiger partial charge is 0.339 e. The number of nitrogens with two attached hydrogens (primary N) is 1. The lowest BCUT2D eigenvalue weighted by atomic mass is 10.1. The van der Waals surface area contributed by atoms with Crippen LogP contribution in [0.15, 0.2) is 24.4 Å².